The average molecular weight is 238 g/mol. The fraction of sp³-hybridized carbons (Fsp3) is 1.00. The maximum Gasteiger partial charge on any atom is 0.00839 e. The van der Waals surface area contributed by atoms with Gasteiger partial charge in [-0.25, -0.2) is 0 Å². The van der Waals surface area contributed by atoms with E-state index < -0.39 is 0 Å². The number of rotatable bonds is 2. The van der Waals surface area contributed by atoms with E-state index in [2.05, 4.69) is 29.5 Å². The molecule has 0 saturated heterocycles. The van der Waals surface area contributed by atoms with Gasteiger partial charge in [0.25, 0.3) is 0 Å². The molecule has 1 unspecified atom stereocenters. The molecule has 0 aromatic heterocycles. The Morgan fingerprint density at radius 3 is 2.44 bits per heavy atom. The van der Waals surface area contributed by atoms with Gasteiger partial charge in [0.2, 0.25) is 0 Å². The highest BCUT2D eigenvalue weighted by Crippen LogP contribution is 2.30. The zero-order chi connectivity index (χ0) is 6.69. The van der Waals surface area contributed by atoms with Crippen molar-refractivity contribution in [3.05, 3.63) is 0 Å². The van der Waals surface area contributed by atoms with Crippen LogP contribution in [0.15, 0.2) is 0 Å². The van der Waals surface area contributed by atoms with Crippen molar-refractivity contribution in [2.75, 3.05) is 0 Å². The van der Waals surface area contributed by atoms with Crippen molar-refractivity contribution < 1.29 is 0 Å². The molecule has 0 amide bonds. The van der Waals surface area contributed by atoms with Crippen LogP contribution in [0.4, 0.5) is 0 Å². The van der Waals surface area contributed by atoms with Gasteiger partial charge in [-0.2, -0.15) is 0 Å². The number of halogens is 1. The van der Waals surface area contributed by atoms with Crippen LogP contribution in [0.5, 0.6) is 0 Å². The summed E-state index contributed by atoms with van der Waals surface area (Å²) in [6.45, 7) is 2.32. The lowest BCUT2D eigenvalue weighted by molar-refractivity contribution is 0.509. The van der Waals surface area contributed by atoms with Crippen LogP contribution in [0, 0.1) is 5.92 Å². The molecule has 1 aliphatic rings. The van der Waals surface area contributed by atoms with E-state index in [1.807, 2.05) is 0 Å². The molecule has 0 radical (unpaired) electrons. The minimum atomic E-state index is 0.894. The van der Waals surface area contributed by atoms with Crippen molar-refractivity contribution in [1.29, 1.82) is 0 Å². The summed E-state index contributed by atoms with van der Waals surface area (Å²) in [5.41, 5.74) is 0. The Morgan fingerprint density at radius 2 is 2.00 bits per heavy atom. The Morgan fingerprint density at radius 1 is 1.44 bits per heavy atom. The van der Waals surface area contributed by atoms with Gasteiger partial charge in [0, 0.05) is 3.92 Å². The highest BCUT2D eigenvalue weighted by molar-refractivity contribution is 14.1. The summed E-state index contributed by atoms with van der Waals surface area (Å²) in [4.78, 5) is 0. The summed E-state index contributed by atoms with van der Waals surface area (Å²) in [5, 5.41) is 0. The summed E-state index contributed by atoms with van der Waals surface area (Å²) >= 11 is 2.53. The van der Waals surface area contributed by atoms with Crippen LogP contribution < -0.4 is 0 Å². The maximum absolute atomic E-state index is 2.53. The summed E-state index contributed by atoms with van der Waals surface area (Å²) in [6, 6.07) is 0. The zero-order valence-corrected chi connectivity index (χ0v) is 8.23. The van der Waals surface area contributed by atoms with Gasteiger partial charge in [-0.1, -0.05) is 55.2 Å². The molecule has 0 bridgehead atoms. The van der Waals surface area contributed by atoms with Gasteiger partial charge in [0.05, 0.1) is 0 Å². The van der Waals surface area contributed by atoms with Gasteiger partial charge in [-0.3, -0.25) is 0 Å². The molecule has 0 spiro atoms. The van der Waals surface area contributed by atoms with E-state index in [0.717, 1.165) is 9.84 Å². The molecular formula is C8H15I. The standard InChI is InChI=1S/C8H15I/c1-7(9)6-8-4-2-3-5-8/h7-8H,2-6H2,1H3. The molecule has 1 atom stereocenters. The lowest BCUT2D eigenvalue weighted by Crippen LogP contribution is -1.99. The first-order chi connectivity index (χ1) is 4.29. The van der Waals surface area contributed by atoms with Gasteiger partial charge in [0.1, 0.15) is 0 Å². The topological polar surface area (TPSA) is 0 Å². The molecular weight excluding hydrogens is 223 g/mol. The Labute approximate surface area is 71.5 Å². The predicted molar refractivity (Wildman–Crippen MR) is 50.1 cm³/mol. The first kappa shape index (κ1) is 7.83. The Balaban J connectivity index is 2.11. The van der Waals surface area contributed by atoms with Crippen molar-refractivity contribution in [3.63, 3.8) is 0 Å². The van der Waals surface area contributed by atoms with Crippen molar-refractivity contribution in [1.82, 2.24) is 0 Å². The largest absolute Gasteiger partial charge is 0.0829 e. The number of alkyl halides is 1. The summed E-state index contributed by atoms with van der Waals surface area (Å²) in [6.07, 6.45) is 7.46. The number of hydrogen-bond donors (Lipinski definition) is 0. The quantitative estimate of drug-likeness (QED) is 0.511. The van der Waals surface area contributed by atoms with E-state index in [9.17, 15) is 0 Å². The maximum atomic E-state index is 2.53. The summed E-state index contributed by atoms with van der Waals surface area (Å²) in [7, 11) is 0. The second kappa shape index (κ2) is 3.79. The van der Waals surface area contributed by atoms with Gasteiger partial charge < -0.3 is 0 Å². The second-order valence-electron chi connectivity index (χ2n) is 3.17. The molecule has 1 saturated carbocycles. The molecule has 1 heteroatoms. The molecule has 1 fully saturated rings. The van der Waals surface area contributed by atoms with E-state index in [4.69, 9.17) is 0 Å². The molecule has 9 heavy (non-hydrogen) atoms. The molecule has 1 aliphatic carbocycles. The molecule has 0 N–H and O–H groups in total. The van der Waals surface area contributed by atoms with Crippen molar-refractivity contribution in [3.8, 4) is 0 Å². The molecule has 54 valence electrons. The van der Waals surface area contributed by atoms with Gasteiger partial charge in [-0.15, -0.1) is 0 Å². The SMILES string of the molecule is CC(I)CC1CCCC1. The predicted octanol–water partition coefficient (Wildman–Crippen LogP) is 3.39. The monoisotopic (exact) mass is 238 g/mol. The minimum absolute atomic E-state index is 0.894. The Bertz CT molecular complexity index is 72.6. The average Bonchev–Trinajstić information content (AvgIpc) is 2.15. The molecule has 0 nitrogen and oxygen atoms in total. The third kappa shape index (κ3) is 2.87. The fourth-order valence-corrected chi connectivity index (χ4v) is 2.42. The zero-order valence-electron chi connectivity index (χ0n) is 6.07. The third-order valence-electron chi connectivity index (χ3n) is 2.13. The van der Waals surface area contributed by atoms with E-state index in [1.54, 1.807) is 0 Å². The van der Waals surface area contributed by atoms with Crippen molar-refractivity contribution >= 4 is 22.6 Å². The first-order valence-electron chi connectivity index (χ1n) is 3.93. The van der Waals surface area contributed by atoms with Crippen LogP contribution in [0.2, 0.25) is 0 Å². The van der Waals surface area contributed by atoms with Crippen LogP contribution in [0.1, 0.15) is 39.0 Å². The molecule has 0 aromatic rings. The summed E-state index contributed by atoms with van der Waals surface area (Å²) in [5.74, 6) is 1.08. The van der Waals surface area contributed by atoms with E-state index in [0.29, 0.717) is 0 Å². The third-order valence-corrected chi connectivity index (χ3v) is 2.64. The lowest BCUT2D eigenvalue weighted by atomic mass is 10.0. The summed E-state index contributed by atoms with van der Waals surface area (Å²) < 4.78 is 0.894. The molecule has 0 aromatic carbocycles. The Hall–Kier alpha value is 0.730. The lowest BCUT2D eigenvalue weighted by Gasteiger charge is -2.09. The normalized spacial score (nSPS) is 24.7. The molecule has 0 aliphatic heterocycles. The first-order valence-corrected chi connectivity index (χ1v) is 5.17. The molecule has 1 rings (SSSR count). The van der Waals surface area contributed by atoms with Crippen LogP contribution >= 0.6 is 22.6 Å². The highest BCUT2D eigenvalue weighted by atomic mass is 127. The number of hydrogen-bond acceptors (Lipinski definition) is 0. The van der Waals surface area contributed by atoms with E-state index in [-0.39, 0.29) is 0 Å². The van der Waals surface area contributed by atoms with Crippen LogP contribution in [0.25, 0.3) is 0 Å². The smallest absolute Gasteiger partial charge is 0.00839 e. The Kier molecular flexibility index (Phi) is 3.30. The van der Waals surface area contributed by atoms with Crippen molar-refractivity contribution in [2.24, 2.45) is 5.92 Å². The van der Waals surface area contributed by atoms with E-state index >= 15 is 0 Å². The van der Waals surface area contributed by atoms with Crippen LogP contribution in [-0.2, 0) is 0 Å². The fourth-order valence-electron chi connectivity index (χ4n) is 1.71. The van der Waals surface area contributed by atoms with Gasteiger partial charge >= 0.3 is 0 Å². The van der Waals surface area contributed by atoms with E-state index in [1.165, 1.54) is 32.1 Å². The van der Waals surface area contributed by atoms with Crippen molar-refractivity contribution in [2.45, 2.75) is 43.0 Å². The second-order valence-corrected chi connectivity index (χ2v) is 5.29. The highest BCUT2D eigenvalue weighted by Gasteiger charge is 2.15. The molecule has 0 heterocycles. The van der Waals surface area contributed by atoms with Gasteiger partial charge in [0.15, 0.2) is 0 Å². The van der Waals surface area contributed by atoms with Crippen LogP contribution in [-0.4, -0.2) is 3.92 Å². The van der Waals surface area contributed by atoms with Gasteiger partial charge in [-0.05, 0) is 12.3 Å². The minimum Gasteiger partial charge on any atom is -0.0829 e. The van der Waals surface area contributed by atoms with Crippen LogP contribution in [0.3, 0.4) is 0 Å².